The summed E-state index contributed by atoms with van der Waals surface area (Å²) in [5.74, 6) is 0.539. The minimum Gasteiger partial charge on any atom is -0.497 e. The molecule has 0 saturated heterocycles. The first-order chi connectivity index (χ1) is 5.95. The molecule has 0 amide bonds. The lowest BCUT2D eigenvalue weighted by Gasteiger charge is -2.03. The van der Waals surface area contributed by atoms with E-state index in [0.717, 1.165) is 6.26 Å². The first-order valence-electron chi connectivity index (χ1n) is 3.49. The zero-order valence-electron chi connectivity index (χ0n) is 7.24. The van der Waals surface area contributed by atoms with Crippen molar-refractivity contribution in [2.75, 3.05) is 13.4 Å². The fourth-order valence-electron chi connectivity index (χ4n) is 0.909. The Bertz CT molecular complexity index is 411. The summed E-state index contributed by atoms with van der Waals surface area (Å²) >= 11 is 5.73. The van der Waals surface area contributed by atoms with Crippen LogP contribution in [0.15, 0.2) is 23.1 Å². The van der Waals surface area contributed by atoms with Gasteiger partial charge in [0.2, 0.25) is 0 Å². The van der Waals surface area contributed by atoms with Gasteiger partial charge in [0.1, 0.15) is 5.75 Å². The molecule has 1 aromatic rings. The van der Waals surface area contributed by atoms with Crippen LogP contribution in [0.2, 0.25) is 5.02 Å². The van der Waals surface area contributed by atoms with Crippen molar-refractivity contribution >= 4 is 21.4 Å². The summed E-state index contributed by atoms with van der Waals surface area (Å²) in [5.41, 5.74) is 0. The molecule has 0 radical (unpaired) electrons. The number of hydrogen-bond donors (Lipinski definition) is 0. The quantitative estimate of drug-likeness (QED) is 0.763. The average molecular weight is 221 g/mol. The number of benzene rings is 1. The Hall–Kier alpha value is -0.740. The molecule has 0 unspecified atom stereocenters. The van der Waals surface area contributed by atoms with Crippen LogP contribution in [-0.2, 0) is 9.84 Å². The fourth-order valence-corrected chi connectivity index (χ4v) is 2.23. The first kappa shape index (κ1) is 10.3. The lowest BCUT2D eigenvalue weighted by molar-refractivity contribution is 0.414. The molecule has 13 heavy (non-hydrogen) atoms. The second-order valence-electron chi connectivity index (χ2n) is 2.57. The molecular weight excluding hydrogens is 212 g/mol. The van der Waals surface area contributed by atoms with Gasteiger partial charge in [-0.15, -0.1) is 0 Å². The number of hydrogen-bond acceptors (Lipinski definition) is 3. The summed E-state index contributed by atoms with van der Waals surface area (Å²) in [4.78, 5) is 0.120. The van der Waals surface area contributed by atoms with Crippen LogP contribution in [0.1, 0.15) is 0 Å². The van der Waals surface area contributed by atoms with E-state index in [1.54, 1.807) is 6.07 Å². The molecule has 0 aliphatic rings. The molecule has 72 valence electrons. The van der Waals surface area contributed by atoms with Crippen LogP contribution in [-0.4, -0.2) is 21.8 Å². The van der Waals surface area contributed by atoms with E-state index in [-0.39, 0.29) is 9.92 Å². The minimum absolute atomic E-state index is 0.120. The molecule has 3 nitrogen and oxygen atoms in total. The van der Waals surface area contributed by atoms with Gasteiger partial charge in [-0.3, -0.25) is 0 Å². The van der Waals surface area contributed by atoms with Crippen LogP contribution >= 0.6 is 11.6 Å². The normalized spacial score (nSPS) is 11.3. The number of rotatable bonds is 2. The highest BCUT2D eigenvalue weighted by molar-refractivity contribution is 7.90. The zero-order valence-corrected chi connectivity index (χ0v) is 8.82. The number of halogens is 1. The summed E-state index contributed by atoms with van der Waals surface area (Å²) < 4.78 is 27.1. The lowest BCUT2D eigenvalue weighted by atomic mass is 10.3. The molecular formula is C8H9ClO3S. The lowest BCUT2D eigenvalue weighted by Crippen LogP contribution is -1.98. The Morgan fingerprint density at radius 2 is 2.00 bits per heavy atom. The van der Waals surface area contributed by atoms with Gasteiger partial charge in [-0.05, 0) is 12.1 Å². The average Bonchev–Trinajstić information content (AvgIpc) is 2.01. The highest BCUT2D eigenvalue weighted by atomic mass is 35.5. The molecule has 1 rings (SSSR count). The third-order valence-electron chi connectivity index (χ3n) is 1.54. The molecule has 0 N–H and O–H groups in total. The van der Waals surface area contributed by atoms with E-state index in [9.17, 15) is 8.42 Å². The largest absolute Gasteiger partial charge is 0.497 e. The van der Waals surface area contributed by atoms with Crippen LogP contribution in [0, 0.1) is 0 Å². The van der Waals surface area contributed by atoms with E-state index in [2.05, 4.69) is 0 Å². The van der Waals surface area contributed by atoms with Gasteiger partial charge in [0.05, 0.1) is 17.0 Å². The molecule has 0 fully saturated rings. The summed E-state index contributed by atoms with van der Waals surface area (Å²) in [7, 11) is -1.75. The highest BCUT2D eigenvalue weighted by Crippen LogP contribution is 2.25. The number of ether oxygens (including phenoxy) is 1. The van der Waals surface area contributed by atoms with Crippen molar-refractivity contribution in [3.05, 3.63) is 23.2 Å². The zero-order chi connectivity index (χ0) is 10.1. The van der Waals surface area contributed by atoms with E-state index >= 15 is 0 Å². The predicted molar refractivity (Wildman–Crippen MR) is 51.1 cm³/mol. The standard InChI is InChI=1S/C8H9ClO3S/c1-12-6-3-4-8(7(9)5-6)13(2,10)11/h3-5H,1-2H3. The van der Waals surface area contributed by atoms with E-state index in [1.165, 1.54) is 19.2 Å². The van der Waals surface area contributed by atoms with Crippen LogP contribution in [0.4, 0.5) is 0 Å². The smallest absolute Gasteiger partial charge is 0.176 e. The van der Waals surface area contributed by atoms with Gasteiger partial charge in [-0.25, -0.2) is 8.42 Å². The third-order valence-corrected chi connectivity index (χ3v) is 3.12. The maximum absolute atomic E-state index is 11.1. The second kappa shape index (κ2) is 3.55. The molecule has 0 aromatic heterocycles. The molecule has 1 aromatic carbocycles. The highest BCUT2D eigenvalue weighted by Gasteiger charge is 2.12. The number of methoxy groups -OCH3 is 1. The third kappa shape index (κ3) is 2.35. The van der Waals surface area contributed by atoms with Crippen LogP contribution in [0.5, 0.6) is 5.75 Å². The van der Waals surface area contributed by atoms with Gasteiger partial charge in [0.25, 0.3) is 0 Å². The first-order valence-corrected chi connectivity index (χ1v) is 5.75. The van der Waals surface area contributed by atoms with Gasteiger partial charge in [-0.2, -0.15) is 0 Å². The molecule has 0 aliphatic heterocycles. The van der Waals surface area contributed by atoms with E-state index in [0.29, 0.717) is 5.75 Å². The van der Waals surface area contributed by atoms with Gasteiger partial charge in [0, 0.05) is 12.3 Å². The van der Waals surface area contributed by atoms with E-state index in [4.69, 9.17) is 16.3 Å². The van der Waals surface area contributed by atoms with Crippen molar-refractivity contribution in [3.63, 3.8) is 0 Å². The van der Waals surface area contributed by atoms with Gasteiger partial charge >= 0.3 is 0 Å². The SMILES string of the molecule is COc1ccc(S(C)(=O)=O)c(Cl)c1. The van der Waals surface area contributed by atoms with Crippen molar-refractivity contribution in [1.82, 2.24) is 0 Å². The second-order valence-corrected chi connectivity index (χ2v) is 4.96. The van der Waals surface area contributed by atoms with Crippen LogP contribution in [0.25, 0.3) is 0 Å². The summed E-state index contributed by atoms with van der Waals surface area (Å²) in [6.07, 6.45) is 1.11. The number of sulfone groups is 1. The van der Waals surface area contributed by atoms with E-state index < -0.39 is 9.84 Å². The Morgan fingerprint density at radius 3 is 2.38 bits per heavy atom. The Kier molecular flexibility index (Phi) is 2.83. The molecule has 0 atom stereocenters. The van der Waals surface area contributed by atoms with Gasteiger partial charge in [0.15, 0.2) is 9.84 Å². The van der Waals surface area contributed by atoms with Crippen molar-refractivity contribution in [3.8, 4) is 5.75 Å². The molecule has 0 aliphatic carbocycles. The summed E-state index contributed by atoms with van der Waals surface area (Å²) in [6.45, 7) is 0. The Labute approximate surface area is 82.2 Å². The van der Waals surface area contributed by atoms with Crippen molar-refractivity contribution in [1.29, 1.82) is 0 Å². The van der Waals surface area contributed by atoms with Crippen LogP contribution in [0.3, 0.4) is 0 Å². The molecule has 0 heterocycles. The molecule has 0 saturated carbocycles. The van der Waals surface area contributed by atoms with Crippen LogP contribution < -0.4 is 4.74 Å². The monoisotopic (exact) mass is 220 g/mol. The fraction of sp³-hybridized carbons (Fsp3) is 0.250. The topological polar surface area (TPSA) is 43.4 Å². The summed E-state index contributed by atoms with van der Waals surface area (Å²) in [6, 6.07) is 4.46. The molecule has 0 spiro atoms. The molecule has 5 heteroatoms. The van der Waals surface area contributed by atoms with Gasteiger partial charge < -0.3 is 4.74 Å². The summed E-state index contributed by atoms with van der Waals surface area (Å²) in [5, 5.41) is 0.182. The molecule has 0 bridgehead atoms. The minimum atomic E-state index is -3.25. The van der Waals surface area contributed by atoms with Crippen molar-refractivity contribution in [2.45, 2.75) is 4.90 Å². The van der Waals surface area contributed by atoms with E-state index in [1.807, 2.05) is 0 Å². The maximum Gasteiger partial charge on any atom is 0.176 e. The van der Waals surface area contributed by atoms with Crippen molar-refractivity contribution < 1.29 is 13.2 Å². The van der Waals surface area contributed by atoms with Gasteiger partial charge in [-0.1, -0.05) is 11.6 Å². The Morgan fingerprint density at radius 1 is 1.38 bits per heavy atom. The van der Waals surface area contributed by atoms with Crippen molar-refractivity contribution in [2.24, 2.45) is 0 Å². The Balaban J connectivity index is 3.29. The maximum atomic E-state index is 11.1. The predicted octanol–water partition coefficient (Wildman–Crippen LogP) is 1.75.